The van der Waals surface area contributed by atoms with Crippen molar-refractivity contribution in [3.63, 3.8) is 0 Å². The second-order valence-corrected chi connectivity index (χ2v) is 11.8. The Morgan fingerprint density at radius 3 is 2.38 bits per heavy atom. The predicted octanol–water partition coefficient (Wildman–Crippen LogP) is 7.71. The summed E-state index contributed by atoms with van der Waals surface area (Å²) in [6.07, 6.45) is 3.89. The SMILES string of the molecule is CSc1ncc(CNc2c(Cl)cccc2Cl)c(Nc2cccc(CC(C)(C)NC(=O)OC(C)(C)C)c2)n1. The van der Waals surface area contributed by atoms with Gasteiger partial charge in [-0.05, 0) is 77.1 Å². The number of rotatable bonds is 9. The zero-order valence-electron chi connectivity index (χ0n) is 21.9. The summed E-state index contributed by atoms with van der Waals surface area (Å²) in [7, 11) is 0. The molecule has 3 rings (SSSR count). The molecule has 1 aromatic heterocycles. The van der Waals surface area contributed by atoms with Crippen LogP contribution in [0.15, 0.2) is 53.8 Å². The summed E-state index contributed by atoms with van der Waals surface area (Å²) in [4.78, 5) is 21.4. The Labute approximate surface area is 233 Å². The van der Waals surface area contributed by atoms with Gasteiger partial charge in [0.05, 0.1) is 15.7 Å². The first kappa shape index (κ1) is 28.9. The van der Waals surface area contributed by atoms with Gasteiger partial charge in [0.2, 0.25) is 0 Å². The molecule has 0 aliphatic carbocycles. The van der Waals surface area contributed by atoms with Gasteiger partial charge in [0.15, 0.2) is 5.16 Å². The Bertz CT molecular complexity index is 1230. The summed E-state index contributed by atoms with van der Waals surface area (Å²) < 4.78 is 5.42. The van der Waals surface area contributed by atoms with Crippen molar-refractivity contribution < 1.29 is 9.53 Å². The standard InChI is InChI=1S/C27H33Cl2N5O2S/c1-26(2,3)36-25(35)34-27(4,5)14-17-9-7-10-19(13-17)32-23-18(16-31-24(33-23)37-6)15-30-22-20(28)11-8-12-21(22)29/h7-13,16,30H,14-15H2,1-6H3,(H,34,35)(H,31,32,33). The highest BCUT2D eigenvalue weighted by atomic mass is 35.5. The first-order chi connectivity index (χ1) is 17.3. The highest BCUT2D eigenvalue weighted by Crippen LogP contribution is 2.31. The summed E-state index contributed by atoms with van der Waals surface area (Å²) in [5.74, 6) is 0.679. The van der Waals surface area contributed by atoms with Crippen LogP contribution < -0.4 is 16.0 Å². The van der Waals surface area contributed by atoms with Crippen molar-refractivity contribution in [2.24, 2.45) is 0 Å². The van der Waals surface area contributed by atoms with Crippen LogP contribution in [0.2, 0.25) is 10.0 Å². The molecule has 0 atom stereocenters. The largest absolute Gasteiger partial charge is 0.444 e. The Balaban J connectivity index is 1.76. The third kappa shape index (κ3) is 8.98. The number of aromatic nitrogens is 2. The van der Waals surface area contributed by atoms with Gasteiger partial charge in [-0.1, -0.05) is 53.2 Å². The molecule has 37 heavy (non-hydrogen) atoms. The van der Waals surface area contributed by atoms with Crippen molar-refractivity contribution >= 4 is 58.2 Å². The monoisotopic (exact) mass is 561 g/mol. The van der Waals surface area contributed by atoms with E-state index < -0.39 is 17.2 Å². The fraction of sp³-hybridized carbons (Fsp3) is 0.370. The lowest BCUT2D eigenvalue weighted by molar-refractivity contribution is 0.0472. The molecule has 3 aromatic rings. The second kappa shape index (κ2) is 12.2. The van der Waals surface area contributed by atoms with Crippen molar-refractivity contribution in [3.8, 4) is 0 Å². The van der Waals surface area contributed by atoms with Gasteiger partial charge in [-0.3, -0.25) is 0 Å². The minimum absolute atomic E-state index is 0.424. The van der Waals surface area contributed by atoms with Crippen LogP contribution >= 0.6 is 35.0 Å². The molecule has 0 spiro atoms. The minimum atomic E-state index is -0.555. The molecule has 0 fully saturated rings. The van der Waals surface area contributed by atoms with Crippen LogP contribution in [0, 0.1) is 0 Å². The van der Waals surface area contributed by atoms with Gasteiger partial charge in [0.25, 0.3) is 0 Å². The molecule has 2 aromatic carbocycles. The molecular formula is C27H33Cl2N5O2S. The predicted molar refractivity (Wildman–Crippen MR) is 154 cm³/mol. The third-order valence-corrected chi connectivity index (χ3v) is 6.31. The van der Waals surface area contributed by atoms with Gasteiger partial charge in [-0.2, -0.15) is 0 Å². The Hall–Kier alpha value is -2.68. The Morgan fingerprint density at radius 2 is 1.73 bits per heavy atom. The highest BCUT2D eigenvalue weighted by molar-refractivity contribution is 7.98. The van der Waals surface area contributed by atoms with Crippen LogP contribution in [0.5, 0.6) is 0 Å². The Kier molecular flexibility index (Phi) is 9.56. The molecule has 0 saturated heterocycles. The van der Waals surface area contributed by atoms with Gasteiger partial charge in [0.1, 0.15) is 11.4 Å². The minimum Gasteiger partial charge on any atom is -0.444 e. The lowest BCUT2D eigenvalue weighted by atomic mass is 9.95. The molecule has 1 amide bonds. The number of ether oxygens (including phenoxy) is 1. The summed E-state index contributed by atoms with van der Waals surface area (Å²) in [6, 6.07) is 13.4. The number of hydrogen-bond acceptors (Lipinski definition) is 7. The van der Waals surface area contributed by atoms with Gasteiger partial charge in [-0.25, -0.2) is 14.8 Å². The van der Waals surface area contributed by atoms with E-state index in [4.69, 9.17) is 27.9 Å². The molecule has 0 unspecified atom stereocenters. The summed E-state index contributed by atoms with van der Waals surface area (Å²) in [6.45, 7) is 9.89. The average Bonchev–Trinajstić information content (AvgIpc) is 2.77. The number of alkyl carbamates (subject to hydrolysis) is 1. The number of anilines is 3. The molecule has 0 radical (unpaired) electrons. The zero-order chi connectivity index (χ0) is 27.2. The van der Waals surface area contributed by atoms with E-state index >= 15 is 0 Å². The molecule has 0 saturated carbocycles. The maximum atomic E-state index is 12.3. The van der Waals surface area contributed by atoms with E-state index in [1.807, 2.05) is 65.1 Å². The van der Waals surface area contributed by atoms with Gasteiger partial charge >= 0.3 is 6.09 Å². The van der Waals surface area contributed by atoms with Crippen molar-refractivity contribution in [1.29, 1.82) is 0 Å². The zero-order valence-corrected chi connectivity index (χ0v) is 24.2. The smallest absolute Gasteiger partial charge is 0.408 e. The van der Waals surface area contributed by atoms with Crippen molar-refractivity contribution in [3.05, 3.63) is 69.8 Å². The van der Waals surface area contributed by atoms with Crippen LogP contribution in [-0.2, 0) is 17.7 Å². The highest BCUT2D eigenvalue weighted by Gasteiger charge is 2.25. The number of para-hydroxylation sites is 1. The molecule has 0 bridgehead atoms. The first-order valence-corrected chi connectivity index (χ1v) is 13.8. The Morgan fingerprint density at radius 1 is 1.05 bits per heavy atom. The summed E-state index contributed by atoms with van der Waals surface area (Å²) in [5.41, 5.74) is 2.37. The van der Waals surface area contributed by atoms with Crippen LogP contribution in [0.25, 0.3) is 0 Å². The van der Waals surface area contributed by atoms with Crippen molar-refractivity contribution in [2.75, 3.05) is 16.9 Å². The van der Waals surface area contributed by atoms with E-state index in [1.54, 1.807) is 24.4 Å². The van der Waals surface area contributed by atoms with Crippen molar-refractivity contribution in [1.82, 2.24) is 15.3 Å². The summed E-state index contributed by atoms with van der Waals surface area (Å²) in [5, 5.41) is 11.4. The van der Waals surface area contributed by atoms with E-state index in [1.165, 1.54) is 11.8 Å². The number of benzene rings is 2. The van der Waals surface area contributed by atoms with E-state index in [9.17, 15) is 4.79 Å². The number of halogens is 2. The van der Waals surface area contributed by atoms with Gasteiger partial charge < -0.3 is 20.7 Å². The van der Waals surface area contributed by atoms with Gasteiger partial charge in [-0.15, -0.1) is 0 Å². The lowest BCUT2D eigenvalue weighted by Gasteiger charge is -2.29. The fourth-order valence-corrected chi connectivity index (χ4v) is 4.48. The molecule has 10 heteroatoms. The maximum Gasteiger partial charge on any atom is 0.408 e. The van der Waals surface area contributed by atoms with Crippen LogP contribution in [0.3, 0.4) is 0 Å². The number of carbonyl (C=O) groups is 1. The number of hydrogen-bond donors (Lipinski definition) is 3. The first-order valence-electron chi connectivity index (χ1n) is 11.8. The number of nitrogens with zero attached hydrogens (tertiary/aromatic N) is 2. The van der Waals surface area contributed by atoms with Crippen LogP contribution in [0.4, 0.5) is 22.0 Å². The molecule has 0 aliphatic rings. The summed E-state index contributed by atoms with van der Waals surface area (Å²) >= 11 is 14.1. The number of carbonyl (C=O) groups excluding carboxylic acids is 1. The van der Waals surface area contributed by atoms with Crippen molar-refractivity contribution in [2.45, 2.75) is 63.9 Å². The van der Waals surface area contributed by atoms with Crippen LogP contribution in [-0.4, -0.2) is 33.5 Å². The number of thioether (sulfide) groups is 1. The average molecular weight is 563 g/mol. The lowest BCUT2D eigenvalue weighted by Crippen LogP contribution is -2.47. The quantitative estimate of drug-likeness (QED) is 0.182. The molecule has 0 aliphatic heterocycles. The third-order valence-electron chi connectivity index (χ3n) is 5.12. The normalized spacial score (nSPS) is 11.7. The second-order valence-electron chi connectivity index (χ2n) is 10.2. The van der Waals surface area contributed by atoms with E-state index in [-0.39, 0.29) is 0 Å². The molecule has 1 heterocycles. The maximum absolute atomic E-state index is 12.3. The number of amides is 1. The fourth-order valence-electron chi connectivity index (χ4n) is 3.61. The molecule has 198 valence electrons. The van der Waals surface area contributed by atoms with E-state index in [0.29, 0.717) is 39.7 Å². The molecular weight excluding hydrogens is 529 g/mol. The molecule has 3 N–H and O–H groups in total. The van der Waals surface area contributed by atoms with Gasteiger partial charge in [0, 0.05) is 29.5 Å². The number of nitrogens with one attached hydrogen (secondary N) is 3. The van der Waals surface area contributed by atoms with Crippen LogP contribution in [0.1, 0.15) is 45.7 Å². The molecule has 7 nitrogen and oxygen atoms in total. The van der Waals surface area contributed by atoms with E-state index in [0.717, 1.165) is 16.8 Å². The topological polar surface area (TPSA) is 88.2 Å². The van der Waals surface area contributed by atoms with E-state index in [2.05, 4.69) is 25.9 Å².